The number of rotatable bonds is 2. The normalized spacial score (nSPS) is 8.38. The van der Waals surface area contributed by atoms with E-state index in [2.05, 4.69) is 48.5 Å². The van der Waals surface area contributed by atoms with Crippen molar-refractivity contribution in [2.75, 3.05) is 0 Å². The van der Waals surface area contributed by atoms with Crippen LogP contribution in [-0.4, -0.2) is 32.7 Å². The molecule has 2 rings (SSSR count). The van der Waals surface area contributed by atoms with E-state index in [1.165, 1.54) is 9.79 Å². The predicted molar refractivity (Wildman–Crippen MR) is 78.3 cm³/mol. The summed E-state index contributed by atoms with van der Waals surface area (Å²) in [7, 11) is 0. The van der Waals surface area contributed by atoms with Crippen LogP contribution < -0.4 is 0 Å². The fourth-order valence-corrected chi connectivity index (χ4v) is 1.97. The minimum atomic E-state index is -1.83. The van der Waals surface area contributed by atoms with Crippen molar-refractivity contribution < 1.29 is 30.0 Å². The van der Waals surface area contributed by atoms with Crippen molar-refractivity contribution >= 4 is 24.1 Å². The quantitative estimate of drug-likeness (QED) is 0.654. The zero-order valence-corrected chi connectivity index (χ0v) is 11.6. The zero-order valence-electron chi connectivity index (χ0n) is 10.8. The van der Waals surface area contributed by atoms with Crippen LogP contribution in [0.3, 0.4) is 0 Å². The summed E-state index contributed by atoms with van der Waals surface area (Å²) in [6.45, 7) is 0. The number of carboxylic acid groups (broad SMARTS) is 4. The van der Waals surface area contributed by atoms with Gasteiger partial charge in [-0.05, 0) is 24.3 Å². The van der Waals surface area contributed by atoms with Crippen LogP contribution in [0.2, 0.25) is 0 Å². The monoisotopic (exact) mass is 310 g/mol. The van der Waals surface area contributed by atoms with Crippen LogP contribution in [0.25, 0.3) is 0 Å². The van der Waals surface area contributed by atoms with Crippen molar-refractivity contribution in [2.45, 2.75) is 9.79 Å². The second kappa shape index (κ2) is 11.2. The highest BCUT2D eigenvalue weighted by molar-refractivity contribution is 7.99. The molecule has 112 valence electrons. The number of hydrogen-bond acceptors (Lipinski definition) is 3. The van der Waals surface area contributed by atoms with Crippen molar-refractivity contribution in [1.82, 2.24) is 0 Å². The fraction of sp³-hybridized carbons (Fsp3) is 0. The summed E-state index contributed by atoms with van der Waals surface area (Å²) >= 11 is 1.79. The van der Waals surface area contributed by atoms with Crippen LogP contribution in [0, 0.1) is 0 Å². The maximum Gasteiger partial charge on any atom is 0.503 e. The molecule has 0 aliphatic heterocycles. The first kappa shape index (κ1) is 18.3. The summed E-state index contributed by atoms with van der Waals surface area (Å²) in [6, 6.07) is 20.8. The van der Waals surface area contributed by atoms with E-state index in [-0.39, 0.29) is 0 Å². The second-order valence-corrected chi connectivity index (χ2v) is 4.44. The molecule has 0 radical (unpaired) electrons. The molecule has 21 heavy (non-hydrogen) atoms. The molecule has 6 nitrogen and oxygen atoms in total. The molecule has 0 unspecified atom stereocenters. The van der Waals surface area contributed by atoms with Crippen molar-refractivity contribution in [2.24, 2.45) is 0 Å². The Morgan fingerprint density at radius 2 is 0.857 bits per heavy atom. The first-order valence-corrected chi connectivity index (χ1v) is 6.35. The number of benzene rings is 2. The third-order valence-corrected chi connectivity index (χ3v) is 2.74. The van der Waals surface area contributed by atoms with Gasteiger partial charge >= 0.3 is 12.3 Å². The van der Waals surface area contributed by atoms with Gasteiger partial charge in [-0.1, -0.05) is 48.2 Å². The Kier molecular flexibility index (Phi) is 9.76. The van der Waals surface area contributed by atoms with Crippen LogP contribution in [0.15, 0.2) is 70.5 Å². The highest BCUT2D eigenvalue weighted by atomic mass is 32.2. The van der Waals surface area contributed by atoms with Crippen molar-refractivity contribution in [3.8, 4) is 0 Å². The average Bonchev–Trinajstić information content (AvgIpc) is 2.40. The first-order valence-electron chi connectivity index (χ1n) is 5.53. The van der Waals surface area contributed by atoms with Gasteiger partial charge in [-0.25, -0.2) is 9.59 Å². The van der Waals surface area contributed by atoms with E-state index in [9.17, 15) is 0 Å². The van der Waals surface area contributed by atoms with Gasteiger partial charge in [0.2, 0.25) is 0 Å². The highest BCUT2D eigenvalue weighted by Gasteiger charge is 1.93. The number of carbonyl (C=O) groups is 2. The molecular formula is C14H14O6S. The molecule has 0 aromatic heterocycles. The largest absolute Gasteiger partial charge is 0.503 e. The SMILES string of the molecule is O=C(O)O.O=C(O)O.c1ccc(Sc2ccccc2)cc1. The van der Waals surface area contributed by atoms with Crippen molar-refractivity contribution in [3.63, 3.8) is 0 Å². The molecule has 0 atom stereocenters. The van der Waals surface area contributed by atoms with E-state index in [0.29, 0.717) is 0 Å². The third-order valence-electron chi connectivity index (χ3n) is 1.72. The Hall–Kier alpha value is -2.67. The van der Waals surface area contributed by atoms with Crippen LogP contribution in [-0.2, 0) is 0 Å². The summed E-state index contributed by atoms with van der Waals surface area (Å²) in [5.74, 6) is 0. The lowest BCUT2D eigenvalue weighted by Gasteiger charge is -1.99. The van der Waals surface area contributed by atoms with Crippen LogP contribution >= 0.6 is 11.8 Å². The summed E-state index contributed by atoms with van der Waals surface area (Å²) in [6.07, 6.45) is -3.67. The van der Waals surface area contributed by atoms with Gasteiger partial charge in [-0.15, -0.1) is 0 Å². The lowest BCUT2D eigenvalue weighted by Crippen LogP contribution is -1.81. The Labute approximate surface area is 125 Å². The third kappa shape index (κ3) is 13.6. The maximum atomic E-state index is 8.56. The molecule has 7 heteroatoms. The molecule has 0 amide bonds. The van der Waals surface area contributed by atoms with E-state index in [0.717, 1.165) is 0 Å². The molecule has 0 spiro atoms. The summed E-state index contributed by atoms with van der Waals surface area (Å²) in [4.78, 5) is 19.7. The Balaban J connectivity index is 0.000000421. The Bertz CT molecular complexity index is 472. The Morgan fingerprint density at radius 1 is 0.619 bits per heavy atom. The van der Waals surface area contributed by atoms with Gasteiger partial charge in [0.05, 0.1) is 0 Å². The number of hydrogen-bond donors (Lipinski definition) is 4. The maximum absolute atomic E-state index is 8.56. The van der Waals surface area contributed by atoms with Gasteiger partial charge in [0.1, 0.15) is 0 Å². The van der Waals surface area contributed by atoms with Gasteiger partial charge < -0.3 is 20.4 Å². The molecule has 0 aliphatic carbocycles. The summed E-state index contributed by atoms with van der Waals surface area (Å²) < 4.78 is 0. The molecular weight excluding hydrogens is 296 g/mol. The fourth-order valence-electron chi connectivity index (χ4n) is 1.11. The van der Waals surface area contributed by atoms with Crippen molar-refractivity contribution in [1.29, 1.82) is 0 Å². The van der Waals surface area contributed by atoms with E-state index >= 15 is 0 Å². The highest BCUT2D eigenvalue weighted by Crippen LogP contribution is 2.26. The van der Waals surface area contributed by atoms with Gasteiger partial charge in [0.25, 0.3) is 0 Å². The van der Waals surface area contributed by atoms with Gasteiger partial charge in [-0.2, -0.15) is 0 Å². The summed E-state index contributed by atoms with van der Waals surface area (Å²) in [5, 5.41) is 27.9. The van der Waals surface area contributed by atoms with E-state index in [1.807, 2.05) is 12.1 Å². The molecule has 0 fully saturated rings. The molecule has 0 saturated heterocycles. The molecule has 0 bridgehead atoms. The second-order valence-electron chi connectivity index (χ2n) is 3.29. The minimum Gasteiger partial charge on any atom is -0.450 e. The zero-order chi connectivity index (χ0) is 16.1. The molecule has 0 saturated carbocycles. The summed E-state index contributed by atoms with van der Waals surface area (Å²) in [5.41, 5.74) is 0. The van der Waals surface area contributed by atoms with E-state index in [1.54, 1.807) is 11.8 Å². The lowest BCUT2D eigenvalue weighted by atomic mass is 10.4. The van der Waals surface area contributed by atoms with Gasteiger partial charge in [-0.3, -0.25) is 0 Å². The van der Waals surface area contributed by atoms with Gasteiger partial charge in [0, 0.05) is 9.79 Å². The molecule has 0 aliphatic rings. The standard InChI is InChI=1S/C12H10S.2CH2O3/c1-3-7-11(8-4-1)13-12-9-5-2-6-10-12;2*2-1(3)4/h1-10H;2*(H2,2,3,4). The Morgan fingerprint density at radius 3 is 1.10 bits per heavy atom. The predicted octanol–water partition coefficient (Wildman–Crippen LogP) is 4.28. The van der Waals surface area contributed by atoms with E-state index < -0.39 is 12.3 Å². The topological polar surface area (TPSA) is 115 Å². The van der Waals surface area contributed by atoms with Crippen molar-refractivity contribution in [3.05, 3.63) is 60.7 Å². The lowest BCUT2D eigenvalue weighted by molar-refractivity contribution is 0.135. The van der Waals surface area contributed by atoms with Gasteiger partial charge in [0.15, 0.2) is 0 Å². The van der Waals surface area contributed by atoms with Crippen LogP contribution in [0.5, 0.6) is 0 Å². The van der Waals surface area contributed by atoms with Crippen LogP contribution in [0.4, 0.5) is 9.59 Å². The minimum absolute atomic E-state index is 1.29. The smallest absolute Gasteiger partial charge is 0.450 e. The molecule has 2 aromatic rings. The van der Waals surface area contributed by atoms with E-state index in [4.69, 9.17) is 30.0 Å². The molecule has 4 N–H and O–H groups in total. The van der Waals surface area contributed by atoms with Crippen LogP contribution in [0.1, 0.15) is 0 Å². The average molecular weight is 310 g/mol. The molecule has 2 aromatic carbocycles. The molecule has 0 heterocycles. The first-order chi connectivity index (χ1) is 9.91.